The van der Waals surface area contributed by atoms with Gasteiger partial charge in [-0.3, -0.25) is 4.79 Å². The molecule has 0 aliphatic heterocycles. The van der Waals surface area contributed by atoms with Crippen LogP contribution in [0.5, 0.6) is 5.75 Å². The molecule has 1 aromatic heterocycles. The van der Waals surface area contributed by atoms with Gasteiger partial charge in [0.05, 0.1) is 29.6 Å². The van der Waals surface area contributed by atoms with E-state index in [-0.39, 0.29) is 5.91 Å². The van der Waals surface area contributed by atoms with E-state index in [4.69, 9.17) is 27.9 Å². The van der Waals surface area contributed by atoms with E-state index < -0.39 is 0 Å². The van der Waals surface area contributed by atoms with E-state index in [9.17, 15) is 4.79 Å². The van der Waals surface area contributed by atoms with Crippen LogP contribution in [0, 0.1) is 13.8 Å². The van der Waals surface area contributed by atoms with Crippen molar-refractivity contribution in [1.29, 1.82) is 0 Å². The molecule has 7 heteroatoms. The monoisotopic (exact) mass is 415 g/mol. The number of carbonyl (C=O) groups excluding carboxylic acids is 1. The Morgan fingerprint density at radius 1 is 1.14 bits per heavy atom. The number of hydrazone groups is 1. The summed E-state index contributed by atoms with van der Waals surface area (Å²) in [5, 5.41) is 5.07. The van der Waals surface area contributed by atoms with Crippen molar-refractivity contribution >= 4 is 35.3 Å². The van der Waals surface area contributed by atoms with Gasteiger partial charge in [0.2, 0.25) is 0 Å². The number of aromatic nitrogens is 1. The van der Waals surface area contributed by atoms with Gasteiger partial charge < -0.3 is 9.30 Å². The third-order valence-corrected chi connectivity index (χ3v) is 4.90. The van der Waals surface area contributed by atoms with Gasteiger partial charge in [0, 0.05) is 22.0 Å². The fourth-order valence-electron chi connectivity index (χ4n) is 2.99. The summed E-state index contributed by atoms with van der Waals surface area (Å²) in [6, 6.07) is 14.2. The molecule has 1 heterocycles. The minimum Gasteiger partial charge on any atom is -0.495 e. The first-order chi connectivity index (χ1) is 13.4. The lowest BCUT2D eigenvalue weighted by Gasteiger charge is -2.14. The van der Waals surface area contributed by atoms with Gasteiger partial charge in [0.15, 0.2) is 0 Å². The molecule has 0 saturated heterocycles. The normalized spacial score (nSPS) is 11.0. The summed E-state index contributed by atoms with van der Waals surface area (Å²) in [6.07, 6.45) is 1.60. The maximum absolute atomic E-state index is 12.2. The maximum Gasteiger partial charge on any atom is 0.272 e. The number of halogens is 2. The van der Waals surface area contributed by atoms with Crippen molar-refractivity contribution in [2.75, 3.05) is 7.11 Å². The van der Waals surface area contributed by atoms with Crippen molar-refractivity contribution in [2.45, 2.75) is 13.8 Å². The van der Waals surface area contributed by atoms with E-state index in [0.29, 0.717) is 21.4 Å². The molecule has 0 fully saturated rings. The lowest BCUT2D eigenvalue weighted by Crippen LogP contribution is -2.18. The van der Waals surface area contributed by atoms with Gasteiger partial charge in [0.1, 0.15) is 5.75 Å². The van der Waals surface area contributed by atoms with Crippen molar-refractivity contribution in [3.05, 3.63) is 81.1 Å². The zero-order valence-corrected chi connectivity index (χ0v) is 17.2. The SMILES string of the molecule is COc1ccc(Cl)cc1-n1c(C)cc(/C=N\NC(=O)c2ccccc2Cl)c1C. The van der Waals surface area contributed by atoms with Crippen LogP contribution in [-0.4, -0.2) is 23.8 Å². The van der Waals surface area contributed by atoms with E-state index in [0.717, 1.165) is 22.6 Å². The lowest BCUT2D eigenvalue weighted by molar-refractivity contribution is 0.0955. The van der Waals surface area contributed by atoms with Crippen LogP contribution in [0.25, 0.3) is 5.69 Å². The Kier molecular flexibility index (Phi) is 6.07. The van der Waals surface area contributed by atoms with E-state index in [1.165, 1.54) is 0 Å². The van der Waals surface area contributed by atoms with E-state index in [2.05, 4.69) is 10.5 Å². The summed E-state index contributed by atoms with van der Waals surface area (Å²) in [5.74, 6) is 0.342. The van der Waals surface area contributed by atoms with Crippen molar-refractivity contribution in [3.63, 3.8) is 0 Å². The molecule has 5 nitrogen and oxygen atoms in total. The lowest BCUT2D eigenvalue weighted by atomic mass is 10.2. The molecule has 0 spiro atoms. The summed E-state index contributed by atoms with van der Waals surface area (Å²) in [5.41, 5.74) is 6.50. The van der Waals surface area contributed by atoms with Crippen LogP contribution >= 0.6 is 23.2 Å². The molecule has 144 valence electrons. The van der Waals surface area contributed by atoms with Crippen molar-refractivity contribution in [1.82, 2.24) is 9.99 Å². The summed E-state index contributed by atoms with van der Waals surface area (Å²) >= 11 is 12.2. The Bertz CT molecular complexity index is 1060. The Balaban J connectivity index is 1.87. The number of nitrogens with one attached hydrogen (secondary N) is 1. The van der Waals surface area contributed by atoms with Crippen molar-refractivity contribution in [2.24, 2.45) is 5.10 Å². The average Bonchev–Trinajstić information content (AvgIpc) is 2.95. The van der Waals surface area contributed by atoms with Gasteiger partial charge in [-0.2, -0.15) is 5.10 Å². The number of ether oxygens (including phenoxy) is 1. The minimum absolute atomic E-state index is 0.368. The predicted octanol–water partition coefficient (Wildman–Crippen LogP) is 5.17. The number of methoxy groups -OCH3 is 1. The van der Waals surface area contributed by atoms with Gasteiger partial charge in [0.25, 0.3) is 5.91 Å². The van der Waals surface area contributed by atoms with Gasteiger partial charge >= 0.3 is 0 Å². The molecule has 1 amide bonds. The molecular formula is C21H19Cl2N3O2. The highest BCUT2D eigenvalue weighted by molar-refractivity contribution is 6.33. The zero-order chi connectivity index (χ0) is 20.3. The fourth-order valence-corrected chi connectivity index (χ4v) is 3.38. The first-order valence-corrected chi connectivity index (χ1v) is 9.28. The third-order valence-electron chi connectivity index (χ3n) is 4.34. The Morgan fingerprint density at radius 2 is 1.89 bits per heavy atom. The summed E-state index contributed by atoms with van der Waals surface area (Å²) in [6.45, 7) is 3.94. The van der Waals surface area contributed by atoms with E-state index in [1.54, 1.807) is 43.7 Å². The molecule has 0 saturated carbocycles. The quantitative estimate of drug-likeness (QED) is 0.461. The number of hydrogen-bond donors (Lipinski definition) is 1. The second-order valence-electron chi connectivity index (χ2n) is 6.16. The van der Waals surface area contributed by atoms with Crippen LogP contribution < -0.4 is 10.2 Å². The maximum atomic E-state index is 12.2. The van der Waals surface area contributed by atoms with E-state index in [1.807, 2.05) is 36.6 Å². The Hall–Kier alpha value is -2.76. The molecule has 0 aliphatic carbocycles. The fraction of sp³-hybridized carbons (Fsp3) is 0.143. The molecule has 1 N–H and O–H groups in total. The number of rotatable bonds is 5. The standard InChI is InChI=1S/C21H19Cl2N3O2/c1-13-10-15(12-24-25-21(27)17-6-4-5-7-18(17)23)14(2)26(13)19-11-16(22)8-9-20(19)28-3/h4-12H,1-3H3,(H,25,27)/b24-12-. The zero-order valence-electron chi connectivity index (χ0n) is 15.7. The molecule has 0 atom stereocenters. The summed E-state index contributed by atoms with van der Waals surface area (Å²) < 4.78 is 7.49. The number of amides is 1. The number of hydrogen-bond acceptors (Lipinski definition) is 3. The van der Waals surface area contributed by atoms with Crippen LogP contribution in [0.15, 0.2) is 53.6 Å². The molecule has 0 aliphatic rings. The Morgan fingerprint density at radius 3 is 2.61 bits per heavy atom. The second-order valence-corrected chi connectivity index (χ2v) is 7.00. The molecular weight excluding hydrogens is 397 g/mol. The van der Waals surface area contributed by atoms with Crippen LogP contribution in [0.3, 0.4) is 0 Å². The highest BCUT2D eigenvalue weighted by atomic mass is 35.5. The van der Waals surface area contributed by atoms with Gasteiger partial charge in [-0.05, 0) is 50.2 Å². The first kappa shape index (κ1) is 20.0. The third kappa shape index (κ3) is 4.06. The first-order valence-electron chi connectivity index (χ1n) is 8.53. The van der Waals surface area contributed by atoms with E-state index >= 15 is 0 Å². The number of nitrogens with zero attached hydrogens (tertiary/aromatic N) is 2. The molecule has 2 aromatic carbocycles. The number of carbonyl (C=O) groups is 1. The minimum atomic E-state index is -0.368. The van der Waals surface area contributed by atoms with Gasteiger partial charge in [-0.25, -0.2) is 5.43 Å². The second kappa shape index (κ2) is 8.50. The largest absolute Gasteiger partial charge is 0.495 e. The van der Waals surface area contributed by atoms with Gasteiger partial charge in [-0.1, -0.05) is 35.3 Å². The molecule has 3 aromatic rings. The summed E-state index contributed by atoms with van der Waals surface area (Å²) in [7, 11) is 1.62. The van der Waals surface area contributed by atoms with Crippen LogP contribution in [0.4, 0.5) is 0 Å². The molecule has 3 rings (SSSR count). The van der Waals surface area contributed by atoms with Crippen LogP contribution in [-0.2, 0) is 0 Å². The highest BCUT2D eigenvalue weighted by Gasteiger charge is 2.14. The molecule has 0 bridgehead atoms. The summed E-state index contributed by atoms with van der Waals surface area (Å²) in [4.78, 5) is 12.2. The predicted molar refractivity (Wildman–Crippen MR) is 113 cm³/mol. The highest BCUT2D eigenvalue weighted by Crippen LogP contribution is 2.30. The van der Waals surface area contributed by atoms with Gasteiger partial charge in [-0.15, -0.1) is 0 Å². The molecule has 0 radical (unpaired) electrons. The van der Waals surface area contributed by atoms with Crippen molar-refractivity contribution < 1.29 is 9.53 Å². The van der Waals surface area contributed by atoms with Crippen molar-refractivity contribution in [3.8, 4) is 11.4 Å². The topological polar surface area (TPSA) is 55.6 Å². The van der Waals surface area contributed by atoms with Crippen LogP contribution in [0.2, 0.25) is 10.0 Å². The molecule has 0 unspecified atom stereocenters. The molecule has 28 heavy (non-hydrogen) atoms. The number of benzene rings is 2. The smallest absolute Gasteiger partial charge is 0.272 e. The average molecular weight is 416 g/mol. The Labute approximate surface area is 173 Å². The number of aryl methyl sites for hydroxylation is 1. The van der Waals surface area contributed by atoms with Crippen LogP contribution in [0.1, 0.15) is 27.3 Å².